The molecule has 0 saturated heterocycles. The number of carboxylic acid groups (broad SMARTS) is 1. The summed E-state index contributed by atoms with van der Waals surface area (Å²) >= 11 is 10.9. The van der Waals surface area contributed by atoms with Crippen molar-refractivity contribution in [2.24, 2.45) is 0 Å². The molecular formula is C8H5Cl2FO3. The molecule has 76 valence electrons. The second kappa shape index (κ2) is 4.13. The van der Waals surface area contributed by atoms with Gasteiger partial charge in [0.1, 0.15) is 5.82 Å². The van der Waals surface area contributed by atoms with Crippen molar-refractivity contribution < 1.29 is 19.4 Å². The largest absolute Gasteiger partial charge is 0.479 e. The van der Waals surface area contributed by atoms with Crippen LogP contribution in [0.1, 0.15) is 11.7 Å². The van der Waals surface area contributed by atoms with Gasteiger partial charge in [-0.15, -0.1) is 0 Å². The van der Waals surface area contributed by atoms with Crippen LogP contribution in [0.3, 0.4) is 0 Å². The molecule has 1 aromatic rings. The van der Waals surface area contributed by atoms with E-state index in [-0.39, 0.29) is 15.6 Å². The van der Waals surface area contributed by atoms with Gasteiger partial charge >= 0.3 is 5.97 Å². The summed E-state index contributed by atoms with van der Waals surface area (Å²) in [7, 11) is 0. The Morgan fingerprint density at radius 1 is 1.43 bits per heavy atom. The van der Waals surface area contributed by atoms with E-state index < -0.39 is 17.9 Å². The Bertz CT molecular complexity index is 358. The highest BCUT2D eigenvalue weighted by molar-refractivity contribution is 6.42. The lowest BCUT2D eigenvalue weighted by Gasteiger charge is -2.07. The number of hydrogen-bond acceptors (Lipinski definition) is 2. The minimum atomic E-state index is -1.81. The van der Waals surface area contributed by atoms with E-state index in [1.807, 2.05) is 0 Å². The fourth-order valence-electron chi connectivity index (χ4n) is 0.876. The molecule has 2 N–H and O–H groups in total. The Morgan fingerprint density at radius 2 is 2.00 bits per heavy atom. The SMILES string of the molecule is O=C(O)[C@H](O)c1cc(F)c(Cl)c(Cl)c1. The minimum absolute atomic E-state index is 0.137. The second-order valence-electron chi connectivity index (χ2n) is 2.54. The molecule has 14 heavy (non-hydrogen) atoms. The average molecular weight is 239 g/mol. The number of aliphatic carboxylic acids is 1. The quantitative estimate of drug-likeness (QED) is 0.778. The number of halogens is 3. The Balaban J connectivity index is 3.19. The summed E-state index contributed by atoms with van der Waals surface area (Å²) in [6.07, 6.45) is -1.81. The van der Waals surface area contributed by atoms with Gasteiger partial charge in [0.15, 0.2) is 6.10 Å². The molecule has 0 bridgehead atoms. The van der Waals surface area contributed by atoms with Gasteiger partial charge in [-0.3, -0.25) is 0 Å². The highest BCUT2D eigenvalue weighted by atomic mass is 35.5. The molecule has 0 saturated carbocycles. The van der Waals surface area contributed by atoms with Crippen molar-refractivity contribution >= 4 is 29.2 Å². The molecule has 0 fully saturated rings. The lowest BCUT2D eigenvalue weighted by Crippen LogP contribution is -2.10. The van der Waals surface area contributed by atoms with E-state index in [0.29, 0.717) is 0 Å². The van der Waals surface area contributed by atoms with Crippen LogP contribution in [-0.2, 0) is 4.79 Å². The molecule has 0 aliphatic heterocycles. The van der Waals surface area contributed by atoms with E-state index in [1.165, 1.54) is 0 Å². The van der Waals surface area contributed by atoms with Gasteiger partial charge in [-0.05, 0) is 17.7 Å². The van der Waals surface area contributed by atoms with E-state index in [4.69, 9.17) is 33.4 Å². The third-order valence-electron chi connectivity index (χ3n) is 1.56. The summed E-state index contributed by atoms with van der Waals surface area (Å²) in [6.45, 7) is 0. The second-order valence-corrected chi connectivity index (χ2v) is 3.32. The molecule has 1 aromatic carbocycles. The first kappa shape index (κ1) is 11.2. The van der Waals surface area contributed by atoms with Gasteiger partial charge in [0, 0.05) is 0 Å². The van der Waals surface area contributed by atoms with E-state index in [2.05, 4.69) is 0 Å². The molecule has 0 aliphatic rings. The highest BCUT2D eigenvalue weighted by Crippen LogP contribution is 2.28. The first-order valence-electron chi connectivity index (χ1n) is 3.48. The normalized spacial score (nSPS) is 12.6. The molecule has 0 unspecified atom stereocenters. The van der Waals surface area contributed by atoms with Crippen LogP contribution in [0, 0.1) is 5.82 Å². The zero-order valence-electron chi connectivity index (χ0n) is 6.67. The Labute approximate surface area is 88.7 Å². The van der Waals surface area contributed by atoms with Gasteiger partial charge in [0.2, 0.25) is 0 Å². The van der Waals surface area contributed by atoms with Gasteiger partial charge in [0.05, 0.1) is 10.0 Å². The molecule has 0 amide bonds. The lowest BCUT2D eigenvalue weighted by molar-refractivity contribution is -0.146. The molecule has 0 radical (unpaired) electrons. The van der Waals surface area contributed by atoms with Crippen LogP contribution in [-0.4, -0.2) is 16.2 Å². The molecule has 1 atom stereocenters. The minimum Gasteiger partial charge on any atom is -0.479 e. The third kappa shape index (κ3) is 2.15. The summed E-state index contributed by atoms with van der Waals surface area (Å²) in [5.74, 6) is -2.35. The summed E-state index contributed by atoms with van der Waals surface area (Å²) in [5, 5.41) is 17.1. The molecule has 0 aliphatic carbocycles. The van der Waals surface area contributed by atoms with Gasteiger partial charge in [0.25, 0.3) is 0 Å². The molecule has 3 nitrogen and oxygen atoms in total. The number of carbonyl (C=O) groups is 1. The summed E-state index contributed by atoms with van der Waals surface area (Å²) in [4.78, 5) is 10.4. The van der Waals surface area contributed by atoms with Gasteiger partial charge in [-0.25, -0.2) is 9.18 Å². The van der Waals surface area contributed by atoms with Crippen molar-refractivity contribution in [2.45, 2.75) is 6.10 Å². The maximum atomic E-state index is 12.9. The van der Waals surface area contributed by atoms with E-state index in [1.54, 1.807) is 0 Å². The summed E-state index contributed by atoms with van der Waals surface area (Å²) in [6, 6.07) is 1.93. The average Bonchev–Trinajstić information content (AvgIpc) is 2.12. The molecule has 6 heteroatoms. The fraction of sp³-hybridized carbons (Fsp3) is 0.125. The zero-order chi connectivity index (χ0) is 10.9. The van der Waals surface area contributed by atoms with Crippen LogP contribution >= 0.6 is 23.2 Å². The zero-order valence-corrected chi connectivity index (χ0v) is 8.18. The predicted octanol–water partition coefficient (Wildman–Crippen LogP) is 2.25. The number of aliphatic hydroxyl groups excluding tert-OH is 1. The van der Waals surface area contributed by atoms with E-state index in [9.17, 15) is 9.18 Å². The highest BCUT2D eigenvalue weighted by Gasteiger charge is 2.18. The van der Waals surface area contributed by atoms with Crippen molar-refractivity contribution in [3.63, 3.8) is 0 Å². The number of benzene rings is 1. The fourth-order valence-corrected chi connectivity index (χ4v) is 1.20. The van der Waals surface area contributed by atoms with Gasteiger partial charge in [-0.2, -0.15) is 0 Å². The number of carboxylic acids is 1. The number of hydrogen-bond donors (Lipinski definition) is 2. The number of rotatable bonds is 2. The smallest absolute Gasteiger partial charge is 0.337 e. The lowest BCUT2D eigenvalue weighted by atomic mass is 10.1. The summed E-state index contributed by atoms with van der Waals surface area (Å²) in [5.41, 5.74) is -0.149. The first-order valence-corrected chi connectivity index (χ1v) is 4.24. The standard InChI is InChI=1S/C8H5Cl2FO3/c9-4-1-3(7(12)8(13)14)2-5(11)6(4)10/h1-2,7,12H,(H,13,14)/t7-/m1/s1. The van der Waals surface area contributed by atoms with Crippen LogP contribution in [0.15, 0.2) is 12.1 Å². The van der Waals surface area contributed by atoms with Crippen LogP contribution in [0.25, 0.3) is 0 Å². The number of aliphatic hydroxyl groups is 1. The van der Waals surface area contributed by atoms with Crippen LogP contribution in [0.2, 0.25) is 10.0 Å². The molecule has 0 spiro atoms. The molecule has 0 aromatic heterocycles. The topological polar surface area (TPSA) is 57.5 Å². The third-order valence-corrected chi connectivity index (χ3v) is 2.33. The Hall–Kier alpha value is -0.840. The maximum absolute atomic E-state index is 12.9. The van der Waals surface area contributed by atoms with Crippen molar-refractivity contribution in [3.8, 4) is 0 Å². The van der Waals surface area contributed by atoms with Crippen LogP contribution in [0.4, 0.5) is 4.39 Å². The Kier molecular flexibility index (Phi) is 3.31. The van der Waals surface area contributed by atoms with Gasteiger partial charge in [-0.1, -0.05) is 23.2 Å². The van der Waals surface area contributed by atoms with Crippen molar-refractivity contribution in [3.05, 3.63) is 33.6 Å². The van der Waals surface area contributed by atoms with Crippen LogP contribution in [0.5, 0.6) is 0 Å². The maximum Gasteiger partial charge on any atom is 0.337 e. The monoisotopic (exact) mass is 238 g/mol. The summed E-state index contributed by atoms with van der Waals surface area (Å²) < 4.78 is 12.9. The Morgan fingerprint density at radius 3 is 2.43 bits per heavy atom. The van der Waals surface area contributed by atoms with Crippen molar-refractivity contribution in [2.75, 3.05) is 0 Å². The van der Waals surface area contributed by atoms with E-state index >= 15 is 0 Å². The molecule has 0 heterocycles. The van der Waals surface area contributed by atoms with Crippen molar-refractivity contribution in [1.29, 1.82) is 0 Å². The van der Waals surface area contributed by atoms with Crippen molar-refractivity contribution in [1.82, 2.24) is 0 Å². The predicted molar refractivity (Wildman–Crippen MR) is 49.0 cm³/mol. The molecular weight excluding hydrogens is 234 g/mol. The van der Waals surface area contributed by atoms with E-state index in [0.717, 1.165) is 12.1 Å². The van der Waals surface area contributed by atoms with Crippen LogP contribution < -0.4 is 0 Å². The first-order chi connectivity index (χ1) is 6.43. The molecule has 1 rings (SSSR count). The van der Waals surface area contributed by atoms with Gasteiger partial charge < -0.3 is 10.2 Å².